The number of amides is 1. The SMILES string of the molecule is Cc1cc(C)cc(OCC(=O)N/N=C\c2ccc(-c3ccc([N+](=O)[O-])cc3)o2)c1. The summed E-state index contributed by atoms with van der Waals surface area (Å²) in [5.74, 6) is 1.18. The molecule has 0 aliphatic rings. The Hall–Kier alpha value is -3.94. The zero-order valence-electron chi connectivity index (χ0n) is 15.9. The van der Waals surface area contributed by atoms with Crippen molar-refractivity contribution in [2.45, 2.75) is 13.8 Å². The van der Waals surface area contributed by atoms with Gasteiger partial charge < -0.3 is 9.15 Å². The lowest BCUT2D eigenvalue weighted by Gasteiger charge is -2.07. The zero-order valence-corrected chi connectivity index (χ0v) is 15.9. The van der Waals surface area contributed by atoms with Crippen LogP contribution in [0.1, 0.15) is 16.9 Å². The fourth-order valence-electron chi connectivity index (χ4n) is 2.69. The van der Waals surface area contributed by atoms with Crippen LogP contribution in [0.5, 0.6) is 5.75 Å². The van der Waals surface area contributed by atoms with E-state index in [1.165, 1.54) is 18.3 Å². The van der Waals surface area contributed by atoms with E-state index in [2.05, 4.69) is 10.5 Å². The number of aryl methyl sites for hydroxylation is 2. The molecule has 3 rings (SSSR count). The second kappa shape index (κ2) is 8.83. The molecule has 8 heteroatoms. The summed E-state index contributed by atoms with van der Waals surface area (Å²) in [7, 11) is 0. The Morgan fingerprint density at radius 3 is 2.48 bits per heavy atom. The van der Waals surface area contributed by atoms with Crippen LogP contribution in [0.2, 0.25) is 0 Å². The standard InChI is InChI=1S/C21H19N3O5/c1-14-9-15(2)11-19(10-14)28-13-21(25)23-22-12-18-7-8-20(29-18)16-3-5-17(6-4-16)24(26)27/h3-12H,13H2,1-2H3,(H,23,25)/b22-12-. The number of furan rings is 1. The zero-order chi connectivity index (χ0) is 20.8. The van der Waals surface area contributed by atoms with Crippen molar-refractivity contribution in [3.05, 3.63) is 81.6 Å². The number of nitro benzene ring substituents is 1. The molecule has 3 aromatic rings. The number of rotatable bonds is 7. The van der Waals surface area contributed by atoms with Gasteiger partial charge in [0.15, 0.2) is 6.61 Å². The Bertz CT molecular complexity index is 1030. The molecule has 0 radical (unpaired) electrons. The Kier molecular flexibility index (Phi) is 6.03. The van der Waals surface area contributed by atoms with Gasteiger partial charge in [0.1, 0.15) is 17.3 Å². The Morgan fingerprint density at radius 1 is 1.14 bits per heavy atom. The maximum atomic E-state index is 11.9. The molecular weight excluding hydrogens is 374 g/mol. The Labute approximate surface area is 167 Å². The quantitative estimate of drug-likeness (QED) is 0.371. The third-order valence-electron chi connectivity index (χ3n) is 3.94. The molecule has 0 unspecified atom stereocenters. The van der Waals surface area contributed by atoms with E-state index >= 15 is 0 Å². The highest BCUT2D eigenvalue weighted by atomic mass is 16.6. The number of carbonyl (C=O) groups excluding carboxylic acids is 1. The minimum absolute atomic E-state index is 0.00727. The van der Waals surface area contributed by atoms with E-state index < -0.39 is 10.8 Å². The van der Waals surface area contributed by atoms with Crippen molar-refractivity contribution in [2.24, 2.45) is 5.10 Å². The second-order valence-corrected chi connectivity index (χ2v) is 6.41. The second-order valence-electron chi connectivity index (χ2n) is 6.41. The Morgan fingerprint density at radius 2 is 1.83 bits per heavy atom. The van der Waals surface area contributed by atoms with E-state index in [0.29, 0.717) is 22.8 Å². The lowest BCUT2D eigenvalue weighted by molar-refractivity contribution is -0.384. The lowest BCUT2D eigenvalue weighted by atomic mass is 10.1. The first-order valence-electron chi connectivity index (χ1n) is 8.78. The molecule has 0 spiro atoms. The number of nitrogens with zero attached hydrogens (tertiary/aromatic N) is 2. The van der Waals surface area contributed by atoms with Crippen LogP contribution in [0.15, 0.2) is 64.1 Å². The molecule has 1 amide bonds. The van der Waals surface area contributed by atoms with E-state index in [0.717, 1.165) is 11.1 Å². The molecule has 0 aliphatic heterocycles. The van der Waals surface area contributed by atoms with Gasteiger partial charge in [-0.2, -0.15) is 5.10 Å². The van der Waals surface area contributed by atoms with Crippen molar-refractivity contribution in [1.29, 1.82) is 0 Å². The number of hydrazone groups is 1. The van der Waals surface area contributed by atoms with Crippen LogP contribution in [0.25, 0.3) is 11.3 Å². The van der Waals surface area contributed by atoms with Gasteiger partial charge in [0, 0.05) is 17.7 Å². The van der Waals surface area contributed by atoms with E-state index in [9.17, 15) is 14.9 Å². The number of hydrogen-bond acceptors (Lipinski definition) is 6. The van der Waals surface area contributed by atoms with E-state index in [-0.39, 0.29) is 12.3 Å². The predicted octanol–water partition coefficient (Wildman–Crippen LogP) is 4.00. The molecule has 29 heavy (non-hydrogen) atoms. The number of ether oxygens (including phenoxy) is 1. The molecule has 1 aromatic heterocycles. The average molecular weight is 393 g/mol. The highest BCUT2D eigenvalue weighted by molar-refractivity contribution is 5.81. The normalized spacial score (nSPS) is 10.8. The summed E-state index contributed by atoms with van der Waals surface area (Å²) >= 11 is 0. The molecular formula is C21H19N3O5. The molecule has 1 N–H and O–H groups in total. The van der Waals surface area contributed by atoms with Crippen molar-refractivity contribution in [2.75, 3.05) is 6.61 Å². The van der Waals surface area contributed by atoms with E-state index in [4.69, 9.17) is 9.15 Å². The highest BCUT2D eigenvalue weighted by Crippen LogP contribution is 2.24. The maximum absolute atomic E-state index is 11.9. The number of carbonyl (C=O) groups is 1. The Balaban J connectivity index is 1.52. The summed E-state index contributed by atoms with van der Waals surface area (Å²) in [6.07, 6.45) is 1.36. The first-order chi connectivity index (χ1) is 13.9. The van der Waals surface area contributed by atoms with Crippen LogP contribution in [-0.2, 0) is 4.79 Å². The van der Waals surface area contributed by atoms with Crippen LogP contribution in [0, 0.1) is 24.0 Å². The van der Waals surface area contributed by atoms with Gasteiger partial charge in [0.05, 0.1) is 11.1 Å². The minimum Gasteiger partial charge on any atom is -0.484 e. The topological polar surface area (TPSA) is 107 Å². The molecule has 0 bridgehead atoms. The van der Waals surface area contributed by atoms with Gasteiger partial charge in [-0.1, -0.05) is 6.07 Å². The molecule has 148 valence electrons. The molecule has 2 aromatic carbocycles. The summed E-state index contributed by atoms with van der Waals surface area (Å²) in [5, 5.41) is 14.5. The van der Waals surface area contributed by atoms with Crippen molar-refractivity contribution < 1.29 is 18.9 Å². The maximum Gasteiger partial charge on any atom is 0.277 e. The van der Waals surface area contributed by atoms with Crippen LogP contribution >= 0.6 is 0 Å². The van der Waals surface area contributed by atoms with Gasteiger partial charge in [-0.05, 0) is 61.4 Å². The fourth-order valence-corrected chi connectivity index (χ4v) is 2.69. The van der Waals surface area contributed by atoms with Gasteiger partial charge >= 0.3 is 0 Å². The molecule has 0 saturated heterocycles. The predicted molar refractivity (Wildman–Crippen MR) is 108 cm³/mol. The smallest absolute Gasteiger partial charge is 0.277 e. The fraction of sp³-hybridized carbons (Fsp3) is 0.143. The van der Waals surface area contributed by atoms with Crippen molar-refractivity contribution >= 4 is 17.8 Å². The minimum atomic E-state index is -0.462. The first-order valence-corrected chi connectivity index (χ1v) is 8.78. The lowest BCUT2D eigenvalue weighted by Crippen LogP contribution is -2.24. The number of nitro groups is 1. The van der Waals surface area contributed by atoms with Crippen LogP contribution in [0.4, 0.5) is 5.69 Å². The van der Waals surface area contributed by atoms with E-state index in [1.54, 1.807) is 24.3 Å². The number of hydrogen-bond donors (Lipinski definition) is 1. The summed E-state index contributed by atoms with van der Waals surface area (Å²) < 4.78 is 11.1. The summed E-state index contributed by atoms with van der Waals surface area (Å²) in [6, 6.07) is 15.1. The number of benzene rings is 2. The molecule has 0 fully saturated rings. The molecule has 0 atom stereocenters. The third-order valence-corrected chi connectivity index (χ3v) is 3.94. The largest absolute Gasteiger partial charge is 0.484 e. The molecule has 0 aliphatic carbocycles. The monoisotopic (exact) mass is 393 g/mol. The molecule has 1 heterocycles. The van der Waals surface area contributed by atoms with Crippen molar-refractivity contribution in [1.82, 2.24) is 5.43 Å². The van der Waals surface area contributed by atoms with Gasteiger partial charge in [0.2, 0.25) is 0 Å². The van der Waals surface area contributed by atoms with Gasteiger partial charge in [0.25, 0.3) is 11.6 Å². The van der Waals surface area contributed by atoms with Crippen molar-refractivity contribution in [3.63, 3.8) is 0 Å². The van der Waals surface area contributed by atoms with E-state index in [1.807, 2.05) is 32.0 Å². The highest BCUT2D eigenvalue weighted by Gasteiger charge is 2.08. The first kappa shape index (κ1) is 19.8. The average Bonchev–Trinajstić information content (AvgIpc) is 3.14. The van der Waals surface area contributed by atoms with Crippen LogP contribution in [-0.4, -0.2) is 23.7 Å². The van der Waals surface area contributed by atoms with Crippen LogP contribution < -0.4 is 10.2 Å². The summed E-state index contributed by atoms with van der Waals surface area (Å²) in [5.41, 5.74) is 5.18. The van der Waals surface area contributed by atoms with Gasteiger partial charge in [-0.15, -0.1) is 0 Å². The molecule has 0 saturated carbocycles. The van der Waals surface area contributed by atoms with Gasteiger partial charge in [-0.3, -0.25) is 14.9 Å². The number of non-ortho nitro benzene ring substituents is 1. The van der Waals surface area contributed by atoms with Gasteiger partial charge in [-0.25, -0.2) is 5.43 Å². The summed E-state index contributed by atoms with van der Waals surface area (Å²) in [4.78, 5) is 22.1. The summed E-state index contributed by atoms with van der Waals surface area (Å²) in [6.45, 7) is 3.75. The third kappa shape index (κ3) is 5.52. The van der Waals surface area contributed by atoms with Crippen molar-refractivity contribution in [3.8, 4) is 17.1 Å². The number of nitrogens with one attached hydrogen (secondary N) is 1. The molecule has 8 nitrogen and oxygen atoms in total. The van der Waals surface area contributed by atoms with Crippen LogP contribution in [0.3, 0.4) is 0 Å².